The van der Waals surface area contributed by atoms with Gasteiger partial charge in [0, 0.05) is 32.6 Å². The molecule has 0 aromatic rings. The number of cyclic esters (lactones) is 2. The Morgan fingerprint density at radius 1 is 0.828 bits per heavy atom. The van der Waals surface area contributed by atoms with Crippen molar-refractivity contribution >= 4 is 41.5 Å². The Morgan fingerprint density at radius 2 is 1.36 bits per heavy atom. The van der Waals surface area contributed by atoms with Gasteiger partial charge in [-0.1, -0.05) is 87.8 Å². The average molecular weight is 820 g/mol. The summed E-state index contributed by atoms with van der Waals surface area (Å²) in [5, 5.41) is 16.8. The molecule has 0 bridgehead atoms. The van der Waals surface area contributed by atoms with Crippen LogP contribution in [0.1, 0.15) is 109 Å². The van der Waals surface area contributed by atoms with E-state index in [1.54, 1.807) is 55.4 Å². The summed E-state index contributed by atoms with van der Waals surface area (Å²) in [6.45, 7) is 22.1. The number of rotatable bonds is 7. The largest absolute Gasteiger partial charge is 0.456 e. The van der Waals surface area contributed by atoms with E-state index >= 15 is 0 Å². The molecule has 0 aromatic heterocycles. The number of nitrogens with zero attached hydrogens (tertiary/aromatic N) is 3. The van der Waals surface area contributed by atoms with E-state index < -0.39 is 114 Å². The van der Waals surface area contributed by atoms with Gasteiger partial charge in [0.25, 0.3) is 5.91 Å². The number of esters is 2. The molecule has 3 N–H and O–H groups in total. The van der Waals surface area contributed by atoms with Crippen molar-refractivity contribution < 1.29 is 48.1 Å². The number of ether oxygens (including phenoxy) is 2. The van der Waals surface area contributed by atoms with Gasteiger partial charge in [0.2, 0.25) is 23.6 Å². The summed E-state index contributed by atoms with van der Waals surface area (Å²) < 4.78 is 11.7. The molecule has 58 heavy (non-hydrogen) atoms. The molecule has 0 saturated carbocycles. The van der Waals surface area contributed by atoms with Crippen molar-refractivity contribution in [3.63, 3.8) is 0 Å². The summed E-state index contributed by atoms with van der Waals surface area (Å²) in [6, 6.07) is -4.26. The van der Waals surface area contributed by atoms with Gasteiger partial charge < -0.3 is 39.9 Å². The van der Waals surface area contributed by atoms with Gasteiger partial charge >= 0.3 is 11.9 Å². The quantitative estimate of drug-likeness (QED) is 0.253. The van der Waals surface area contributed by atoms with Crippen LogP contribution in [0, 0.1) is 29.6 Å². The molecule has 0 spiro atoms. The van der Waals surface area contributed by atoms with Gasteiger partial charge in [-0.2, -0.15) is 0 Å². The first-order valence-corrected chi connectivity index (χ1v) is 20.6. The van der Waals surface area contributed by atoms with Crippen molar-refractivity contribution in [1.82, 2.24) is 25.3 Å². The minimum absolute atomic E-state index is 0.0146. The standard InChI is InChI=1S/C43H73N5O10/c1-17-19-27(10)37-29(12)31(49)21-20-28(11)42(55)57-36(25(7)8)38(51)45-34(24(5)6)40(53)48(16)35(26(9)18-2)41(54)46(14)22-32(50)44-33(23(3)4)39(52)47(15)30(13)43(56)58-37/h19-20,23-26,29-31,33-37,49H,17-18,21-22H2,1-16H3,(H,44,50)(H,45,51)/b27-19+,28-20+/t26-,29+,30+,31+,33+,34+,35+,36?,37-/m1/s1. The van der Waals surface area contributed by atoms with Gasteiger partial charge in [0.1, 0.15) is 30.3 Å². The van der Waals surface area contributed by atoms with Gasteiger partial charge in [-0.3, -0.25) is 24.0 Å². The molecule has 1 rings (SSSR count). The molecular weight excluding hydrogens is 746 g/mol. The lowest BCUT2D eigenvalue weighted by atomic mass is 9.90. The normalized spacial score (nSPS) is 29.6. The van der Waals surface area contributed by atoms with Crippen molar-refractivity contribution in [2.24, 2.45) is 29.6 Å². The van der Waals surface area contributed by atoms with Crippen LogP contribution in [0.5, 0.6) is 0 Å². The molecule has 9 atom stereocenters. The van der Waals surface area contributed by atoms with Crippen molar-refractivity contribution in [2.45, 2.75) is 152 Å². The molecular formula is C43H73N5O10. The third-order valence-corrected chi connectivity index (χ3v) is 11.1. The maximum absolute atomic E-state index is 14.2. The predicted octanol–water partition coefficient (Wildman–Crippen LogP) is 3.63. The van der Waals surface area contributed by atoms with Crippen LogP contribution in [0.2, 0.25) is 0 Å². The summed E-state index contributed by atoms with van der Waals surface area (Å²) in [7, 11) is 4.35. The predicted molar refractivity (Wildman–Crippen MR) is 222 cm³/mol. The Labute approximate surface area is 346 Å². The van der Waals surface area contributed by atoms with Crippen LogP contribution < -0.4 is 10.6 Å². The molecule has 15 heteroatoms. The van der Waals surface area contributed by atoms with Gasteiger partial charge in [-0.05, 0) is 62.9 Å². The Morgan fingerprint density at radius 3 is 1.86 bits per heavy atom. The number of allylic oxidation sites excluding steroid dienone is 1. The highest BCUT2D eigenvalue weighted by molar-refractivity contribution is 5.96. The zero-order valence-electron chi connectivity index (χ0n) is 37.9. The summed E-state index contributed by atoms with van der Waals surface area (Å²) in [6.07, 6.45) is 1.25. The second-order valence-corrected chi connectivity index (χ2v) is 17.0. The van der Waals surface area contributed by atoms with E-state index in [4.69, 9.17) is 9.47 Å². The molecule has 0 aromatic carbocycles. The monoisotopic (exact) mass is 820 g/mol. The van der Waals surface area contributed by atoms with Crippen LogP contribution in [-0.4, -0.2) is 131 Å². The summed E-state index contributed by atoms with van der Waals surface area (Å²) in [4.78, 5) is 100. The Bertz CT molecular complexity index is 1520. The Kier molecular flexibility index (Phi) is 20.8. The topological polar surface area (TPSA) is 192 Å². The van der Waals surface area contributed by atoms with Crippen LogP contribution in [0.25, 0.3) is 0 Å². The highest BCUT2D eigenvalue weighted by Gasteiger charge is 2.40. The molecule has 1 heterocycles. The van der Waals surface area contributed by atoms with Gasteiger partial charge in [0.15, 0.2) is 6.10 Å². The third-order valence-electron chi connectivity index (χ3n) is 11.1. The fourth-order valence-electron chi connectivity index (χ4n) is 6.71. The Hall–Kier alpha value is -4.27. The minimum Gasteiger partial charge on any atom is -0.456 e. The highest BCUT2D eigenvalue weighted by atomic mass is 16.6. The van der Waals surface area contributed by atoms with Crippen LogP contribution in [0.4, 0.5) is 0 Å². The zero-order valence-corrected chi connectivity index (χ0v) is 37.9. The fraction of sp³-hybridized carbons (Fsp3) is 0.744. The van der Waals surface area contributed by atoms with E-state index in [-0.39, 0.29) is 17.9 Å². The van der Waals surface area contributed by atoms with Crippen molar-refractivity contribution in [1.29, 1.82) is 0 Å². The van der Waals surface area contributed by atoms with E-state index in [1.807, 2.05) is 26.8 Å². The van der Waals surface area contributed by atoms with Crippen LogP contribution in [0.3, 0.4) is 0 Å². The smallest absolute Gasteiger partial charge is 0.334 e. The lowest BCUT2D eigenvalue weighted by molar-refractivity contribution is -0.160. The molecule has 330 valence electrons. The van der Waals surface area contributed by atoms with E-state index in [1.165, 1.54) is 55.8 Å². The maximum Gasteiger partial charge on any atom is 0.334 e. The number of aliphatic hydroxyl groups excluding tert-OH is 1. The van der Waals surface area contributed by atoms with Gasteiger partial charge in [-0.15, -0.1) is 0 Å². The van der Waals surface area contributed by atoms with Crippen LogP contribution >= 0.6 is 0 Å². The number of amides is 5. The minimum atomic E-state index is -1.28. The second kappa shape index (κ2) is 23.4. The number of aliphatic hydroxyl groups is 1. The SMILES string of the molecule is CC/C=C(\C)[C@H]1OC(=O)[C@H](C)N(C)C(=O)[C@H](C(C)C)NC(=O)CN(C)C(=O)[C@H]([C@H](C)CC)N(C)C(=O)[C@H](C(C)C)NC(=O)C(C(C)C)OC(=O)/C(C)=C/C[C@H](O)[C@@H]1C. The lowest BCUT2D eigenvalue weighted by Crippen LogP contribution is -2.60. The molecule has 0 radical (unpaired) electrons. The van der Waals surface area contributed by atoms with Crippen molar-refractivity contribution in [3.05, 3.63) is 23.3 Å². The van der Waals surface area contributed by atoms with Crippen LogP contribution in [0.15, 0.2) is 23.3 Å². The van der Waals surface area contributed by atoms with E-state index in [2.05, 4.69) is 10.6 Å². The van der Waals surface area contributed by atoms with E-state index in [0.29, 0.717) is 18.4 Å². The third kappa shape index (κ3) is 13.9. The number of hydrogen-bond acceptors (Lipinski definition) is 10. The molecule has 1 aliphatic rings. The number of hydrogen-bond donors (Lipinski definition) is 3. The molecule has 1 aliphatic heterocycles. The molecule has 15 nitrogen and oxygen atoms in total. The van der Waals surface area contributed by atoms with Crippen molar-refractivity contribution in [3.8, 4) is 0 Å². The van der Waals surface area contributed by atoms with Crippen LogP contribution in [-0.2, 0) is 43.0 Å². The first-order valence-electron chi connectivity index (χ1n) is 20.6. The lowest BCUT2D eigenvalue weighted by Gasteiger charge is -2.37. The first kappa shape index (κ1) is 51.7. The molecule has 0 saturated heterocycles. The molecule has 5 amide bonds. The summed E-state index contributed by atoms with van der Waals surface area (Å²) in [5.74, 6) is -6.78. The molecule has 0 aliphatic carbocycles. The second-order valence-electron chi connectivity index (χ2n) is 17.0. The highest BCUT2D eigenvalue weighted by Crippen LogP contribution is 2.25. The number of carbonyl (C=O) groups excluding carboxylic acids is 7. The van der Waals surface area contributed by atoms with E-state index in [9.17, 15) is 38.7 Å². The fourth-order valence-corrected chi connectivity index (χ4v) is 6.71. The molecule has 1 unspecified atom stereocenters. The Balaban J connectivity index is 3.85. The van der Waals surface area contributed by atoms with E-state index in [0.717, 1.165) is 0 Å². The van der Waals surface area contributed by atoms with Crippen molar-refractivity contribution in [2.75, 3.05) is 27.7 Å². The summed E-state index contributed by atoms with van der Waals surface area (Å²) >= 11 is 0. The number of carbonyl (C=O) groups is 7. The molecule has 0 fully saturated rings. The summed E-state index contributed by atoms with van der Waals surface area (Å²) in [5.41, 5.74) is 0.824. The first-order chi connectivity index (χ1) is 26.8. The maximum atomic E-state index is 14.2. The van der Waals surface area contributed by atoms with Gasteiger partial charge in [0.05, 0.1) is 12.6 Å². The average Bonchev–Trinajstić information content (AvgIpc) is 3.16. The number of nitrogens with one attached hydrogen (secondary N) is 2. The number of likely N-dealkylation sites (N-methyl/N-ethyl adjacent to an activating group) is 3. The van der Waals surface area contributed by atoms with Gasteiger partial charge in [-0.25, -0.2) is 9.59 Å². The zero-order chi connectivity index (χ0) is 44.9.